The lowest BCUT2D eigenvalue weighted by atomic mass is 10.0. The van der Waals surface area contributed by atoms with Gasteiger partial charge in [0.25, 0.3) is 0 Å². The topological polar surface area (TPSA) is 17.1 Å². The van der Waals surface area contributed by atoms with Crippen molar-refractivity contribution >= 4 is 5.78 Å². The van der Waals surface area contributed by atoms with Crippen molar-refractivity contribution in [2.75, 3.05) is 0 Å². The lowest BCUT2D eigenvalue weighted by Gasteiger charge is -2.04. The number of hydrogen-bond acceptors (Lipinski definition) is 1. The molecule has 0 N–H and O–H groups in total. The molecule has 0 fully saturated rings. The van der Waals surface area contributed by atoms with E-state index in [0.29, 0.717) is 6.07 Å². The van der Waals surface area contributed by atoms with Gasteiger partial charge in [-0.05, 0) is 41.5 Å². The Balaban J connectivity index is 2.11. The summed E-state index contributed by atoms with van der Waals surface area (Å²) in [4.78, 5) is 11.7. The molecule has 0 atom stereocenters. The maximum absolute atomic E-state index is 13.4. The third-order valence-corrected chi connectivity index (χ3v) is 2.72. The summed E-state index contributed by atoms with van der Waals surface area (Å²) in [7, 11) is 0. The zero-order valence-corrected chi connectivity index (χ0v) is 10.3. The number of carbonyl (C=O) groups is 1. The van der Waals surface area contributed by atoms with Crippen molar-refractivity contribution in [1.82, 2.24) is 0 Å². The monoisotopic (exact) mass is 282 g/mol. The zero-order valence-electron chi connectivity index (χ0n) is 10.3. The summed E-state index contributed by atoms with van der Waals surface area (Å²) < 4.78 is 52.2. The van der Waals surface area contributed by atoms with E-state index >= 15 is 0 Å². The molecule has 0 heterocycles. The number of benzene rings is 2. The van der Waals surface area contributed by atoms with Crippen LogP contribution in [0, 0.1) is 23.3 Å². The van der Waals surface area contributed by atoms with Crippen LogP contribution in [-0.2, 0) is 17.6 Å². The minimum atomic E-state index is -0.787. The lowest BCUT2D eigenvalue weighted by Crippen LogP contribution is -2.08. The average molecular weight is 282 g/mol. The Labute approximate surface area is 112 Å². The number of Topliss-reactive ketones (excluding diaryl/α,β-unsaturated/α-hetero) is 1. The van der Waals surface area contributed by atoms with Crippen LogP contribution in [0.2, 0.25) is 0 Å². The summed E-state index contributed by atoms with van der Waals surface area (Å²) in [6.45, 7) is 0. The zero-order chi connectivity index (χ0) is 14.7. The second kappa shape index (κ2) is 5.86. The minimum absolute atomic E-state index is 0.0770. The van der Waals surface area contributed by atoms with Gasteiger partial charge in [-0.15, -0.1) is 0 Å². The third kappa shape index (κ3) is 3.66. The molecule has 0 aliphatic carbocycles. The van der Waals surface area contributed by atoms with Gasteiger partial charge in [0.1, 0.15) is 29.1 Å². The van der Waals surface area contributed by atoms with Crippen molar-refractivity contribution < 1.29 is 22.4 Å². The Kier molecular flexibility index (Phi) is 4.17. The lowest BCUT2D eigenvalue weighted by molar-refractivity contribution is -0.117. The predicted molar refractivity (Wildman–Crippen MR) is 65.1 cm³/mol. The summed E-state index contributed by atoms with van der Waals surface area (Å²) >= 11 is 0. The van der Waals surface area contributed by atoms with Crippen LogP contribution in [0.3, 0.4) is 0 Å². The van der Waals surface area contributed by atoms with Gasteiger partial charge < -0.3 is 0 Å². The number of carbonyl (C=O) groups excluding carboxylic acids is 1. The molecule has 0 radical (unpaired) electrons. The van der Waals surface area contributed by atoms with Gasteiger partial charge >= 0.3 is 0 Å². The van der Waals surface area contributed by atoms with Gasteiger partial charge in [0.15, 0.2) is 0 Å². The van der Waals surface area contributed by atoms with Crippen LogP contribution in [0.25, 0.3) is 0 Å². The van der Waals surface area contributed by atoms with Gasteiger partial charge in [0, 0.05) is 18.9 Å². The van der Waals surface area contributed by atoms with Gasteiger partial charge in [0.2, 0.25) is 0 Å². The van der Waals surface area contributed by atoms with Crippen molar-refractivity contribution in [3.63, 3.8) is 0 Å². The quantitative estimate of drug-likeness (QED) is 0.783. The molecule has 2 aromatic rings. The van der Waals surface area contributed by atoms with Crippen LogP contribution >= 0.6 is 0 Å². The molecule has 104 valence electrons. The number of hydrogen-bond donors (Lipinski definition) is 0. The molecule has 0 saturated heterocycles. The normalized spacial score (nSPS) is 10.6. The maximum atomic E-state index is 13.4. The SMILES string of the molecule is O=C(Cc1cc(F)cc(F)c1)Cc1cc(F)ccc1F. The fourth-order valence-corrected chi connectivity index (χ4v) is 1.89. The predicted octanol–water partition coefficient (Wildman–Crippen LogP) is 3.60. The fourth-order valence-electron chi connectivity index (χ4n) is 1.89. The first-order valence-corrected chi connectivity index (χ1v) is 5.84. The minimum Gasteiger partial charge on any atom is -0.299 e. The summed E-state index contributed by atoms with van der Waals surface area (Å²) in [6, 6.07) is 5.57. The van der Waals surface area contributed by atoms with E-state index < -0.39 is 29.1 Å². The molecule has 2 aromatic carbocycles. The number of rotatable bonds is 4. The molecule has 2 rings (SSSR count). The molecule has 1 nitrogen and oxygen atoms in total. The molecule has 20 heavy (non-hydrogen) atoms. The van der Waals surface area contributed by atoms with Crippen LogP contribution in [0.15, 0.2) is 36.4 Å². The van der Waals surface area contributed by atoms with E-state index in [-0.39, 0.29) is 24.0 Å². The average Bonchev–Trinajstić information content (AvgIpc) is 2.32. The summed E-state index contributed by atoms with van der Waals surface area (Å²) in [5.41, 5.74) is 0.0798. The Morgan fingerprint density at radius 2 is 1.45 bits per heavy atom. The smallest absolute Gasteiger partial charge is 0.141 e. The van der Waals surface area contributed by atoms with E-state index in [2.05, 4.69) is 0 Å². The van der Waals surface area contributed by atoms with Crippen molar-refractivity contribution in [2.24, 2.45) is 0 Å². The molecule has 0 amide bonds. The van der Waals surface area contributed by atoms with E-state index in [4.69, 9.17) is 0 Å². The second-order valence-electron chi connectivity index (χ2n) is 4.41. The second-order valence-corrected chi connectivity index (χ2v) is 4.41. The molecule has 0 spiro atoms. The fraction of sp³-hybridized carbons (Fsp3) is 0.133. The number of halogens is 4. The highest BCUT2D eigenvalue weighted by Gasteiger charge is 2.11. The van der Waals surface area contributed by atoms with Crippen LogP contribution in [0.4, 0.5) is 17.6 Å². The van der Waals surface area contributed by atoms with E-state index in [0.717, 1.165) is 30.3 Å². The highest BCUT2D eigenvalue weighted by atomic mass is 19.1. The van der Waals surface area contributed by atoms with Gasteiger partial charge in [-0.3, -0.25) is 4.79 Å². The van der Waals surface area contributed by atoms with Gasteiger partial charge in [-0.25, -0.2) is 17.6 Å². The Morgan fingerprint density at radius 3 is 2.10 bits per heavy atom. The van der Waals surface area contributed by atoms with Gasteiger partial charge in [-0.2, -0.15) is 0 Å². The van der Waals surface area contributed by atoms with E-state index in [1.165, 1.54) is 0 Å². The van der Waals surface area contributed by atoms with Crippen molar-refractivity contribution in [3.05, 3.63) is 70.8 Å². The van der Waals surface area contributed by atoms with E-state index in [1.807, 2.05) is 0 Å². The van der Waals surface area contributed by atoms with Gasteiger partial charge in [0.05, 0.1) is 0 Å². The van der Waals surface area contributed by atoms with Crippen molar-refractivity contribution in [1.29, 1.82) is 0 Å². The molecule has 0 saturated carbocycles. The molecule has 0 unspecified atom stereocenters. The standard InChI is InChI=1S/C15H10F4O/c16-11-1-2-15(19)10(6-11)7-14(20)5-9-3-12(17)8-13(18)4-9/h1-4,6,8H,5,7H2. The Bertz CT molecular complexity index is 632. The Morgan fingerprint density at radius 1 is 0.800 bits per heavy atom. The molecule has 0 aromatic heterocycles. The summed E-state index contributed by atoms with van der Waals surface area (Å²) in [5.74, 6) is -3.37. The van der Waals surface area contributed by atoms with Crippen LogP contribution in [-0.4, -0.2) is 5.78 Å². The van der Waals surface area contributed by atoms with Crippen LogP contribution < -0.4 is 0 Å². The van der Waals surface area contributed by atoms with Crippen molar-refractivity contribution in [3.8, 4) is 0 Å². The molecule has 0 bridgehead atoms. The van der Waals surface area contributed by atoms with E-state index in [1.54, 1.807) is 0 Å². The van der Waals surface area contributed by atoms with Gasteiger partial charge in [-0.1, -0.05) is 0 Å². The molecular weight excluding hydrogens is 272 g/mol. The van der Waals surface area contributed by atoms with Crippen LogP contribution in [0.5, 0.6) is 0 Å². The first-order valence-electron chi connectivity index (χ1n) is 5.84. The summed E-state index contributed by atoms with van der Waals surface area (Å²) in [5, 5.41) is 0. The maximum Gasteiger partial charge on any atom is 0.141 e. The van der Waals surface area contributed by atoms with Crippen molar-refractivity contribution in [2.45, 2.75) is 12.8 Å². The first kappa shape index (κ1) is 14.2. The first-order chi connectivity index (χ1) is 9.44. The highest BCUT2D eigenvalue weighted by molar-refractivity contribution is 5.83. The number of ketones is 1. The highest BCUT2D eigenvalue weighted by Crippen LogP contribution is 2.13. The Hall–Kier alpha value is -2.17. The van der Waals surface area contributed by atoms with E-state index in [9.17, 15) is 22.4 Å². The molecular formula is C15H10F4O. The molecule has 5 heteroatoms. The third-order valence-electron chi connectivity index (χ3n) is 2.72. The molecule has 0 aliphatic heterocycles. The summed E-state index contributed by atoms with van der Waals surface area (Å²) in [6.07, 6.45) is -0.577. The van der Waals surface area contributed by atoms with Crippen LogP contribution in [0.1, 0.15) is 11.1 Å². The largest absolute Gasteiger partial charge is 0.299 e. The molecule has 0 aliphatic rings.